The smallest absolute Gasteiger partial charge is 0.131 e. The van der Waals surface area contributed by atoms with Crippen molar-refractivity contribution in [1.29, 1.82) is 5.41 Å². The minimum absolute atomic E-state index is 0.0366. The topological polar surface area (TPSA) is 87.5 Å². The van der Waals surface area contributed by atoms with Crippen molar-refractivity contribution in [1.82, 2.24) is 4.90 Å². The molecule has 35 heavy (non-hydrogen) atoms. The van der Waals surface area contributed by atoms with Gasteiger partial charge in [-0.05, 0) is 41.8 Å². The zero-order chi connectivity index (χ0) is 25.4. The van der Waals surface area contributed by atoms with E-state index in [1.165, 1.54) is 0 Å². The number of phenolic OH excluding ortho intramolecular Hbond substituents is 1. The van der Waals surface area contributed by atoms with Crippen molar-refractivity contribution in [2.45, 2.75) is 19.8 Å². The lowest BCUT2D eigenvalue weighted by atomic mass is 9.97. The van der Waals surface area contributed by atoms with Crippen LogP contribution in [0.3, 0.4) is 0 Å². The minimum atomic E-state index is 0.0366. The van der Waals surface area contributed by atoms with Crippen LogP contribution in [0.15, 0.2) is 43.0 Å². The van der Waals surface area contributed by atoms with Crippen LogP contribution in [0.4, 0.5) is 5.69 Å². The molecule has 0 saturated carbocycles. The van der Waals surface area contributed by atoms with Gasteiger partial charge in [-0.25, -0.2) is 0 Å². The molecular formula is C27H37N3O5. The Hall–Kier alpha value is -3.07. The lowest BCUT2D eigenvalue weighted by molar-refractivity contribution is 0.0322. The number of benzene rings is 2. The molecule has 0 aliphatic carbocycles. The number of hydrogen-bond acceptors (Lipinski definition) is 7. The highest BCUT2D eigenvalue weighted by Crippen LogP contribution is 2.38. The summed E-state index contributed by atoms with van der Waals surface area (Å²) in [5.41, 5.74) is 2.67. The van der Waals surface area contributed by atoms with Gasteiger partial charge in [0.15, 0.2) is 0 Å². The number of hydrogen-bond donors (Lipinski definition) is 2. The summed E-state index contributed by atoms with van der Waals surface area (Å²) >= 11 is 0. The van der Waals surface area contributed by atoms with Gasteiger partial charge in [-0.1, -0.05) is 20.4 Å². The molecule has 2 N–H and O–H groups in total. The van der Waals surface area contributed by atoms with Crippen LogP contribution in [0.5, 0.6) is 17.2 Å². The monoisotopic (exact) mass is 483 g/mol. The second-order valence-electron chi connectivity index (χ2n) is 8.72. The number of morpholine rings is 1. The Labute approximate surface area is 208 Å². The molecular weight excluding hydrogens is 446 g/mol. The summed E-state index contributed by atoms with van der Waals surface area (Å²) in [4.78, 5) is 4.00. The summed E-state index contributed by atoms with van der Waals surface area (Å²) in [7, 11) is 3.13. The lowest BCUT2D eigenvalue weighted by Gasteiger charge is -2.28. The average Bonchev–Trinajstić information content (AvgIpc) is 2.85. The molecule has 0 atom stereocenters. The van der Waals surface area contributed by atoms with Crippen LogP contribution in [0.25, 0.3) is 5.70 Å². The Bertz CT molecular complexity index is 1000. The molecule has 1 aliphatic heterocycles. The highest BCUT2D eigenvalue weighted by atomic mass is 16.5. The lowest BCUT2D eigenvalue weighted by Crippen LogP contribution is -2.38. The molecule has 8 heteroatoms. The van der Waals surface area contributed by atoms with Crippen molar-refractivity contribution < 1.29 is 24.1 Å². The number of nitrogens with zero attached hydrogens (tertiary/aromatic N) is 2. The second-order valence-corrected chi connectivity index (χ2v) is 8.72. The quantitative estimate of drug-likeness (QED) is 0.363. The number of phenols is 1. The molecule has 0 amide bonds. The highest BCUT2D eigenvalue weighted by molar-refractivity contribution is 6.08. The molecule has 0 bridgehead atoms. The van der Waals surface area contributed by atoms with Crippen molar-refractivity contribution in [2.24, 2.45) is 0 Å². The van der Waals surface area contributed by atoms with E-state index in [9.17, 15) is 5.11 Å². The average molecular weight is 484 g/mol. The molecule has 2 aromatic rings. The first-order valence-electron chi connectivity index (χ1n) is 11.8. The highest BCUT2D eigenvalue weighted by Gasteiger charge is 2.22. The van der Waals surface area contributed by atoms with E-state index in [1.54, 1.807) is 25.2 Å². The fraction of sp³-hybridized carbons (Fsp3) is 0.444. The van der Waals surface area contributed by atoms with Gasteiger partial charge in [0.25, 0.3) is 0 Å². The van der Waals surface area contributed by atoms with Crippen LogP contribution >= 0.6 is 0 Å². The fourth-order valence-corrected chi connectivity index (χ4v) is 4.05. The van der Waals surface area contributed by atoms with Crippen molar-refractivity contribution in [2.75, 3.05) is 65.2 Å². The van der Waals surface area contributed by atoms with Gasteiger partial charge in [0.05, 0.1) is 26.0 Å². The van der Waals surface area contributed by atoms with Gasteiger partial charge in [-0.3, -0.25) is 15.2 Å². The molecule has 1 saturated heterocycles. The van der Waals surface area contributed by atoms with Crippen molar-refractivity contribution >= 4 is 17.2 Å². The Kier molecular flexibility index (Phi) is 9.54. The molecule has 8 nitrogen and oxygen atoms in total. The SMILES string of the molecule is C=C(c1cc(C(C)C)c(OC)cc1O)N(C(=N)COC)c1ccc(OCCN2CCOCC2)cc1. The minimum Gasteiger partial charge on any atom is -0.507 e. The van der Waals surface area contributed by atoms with E-state index in [2.05, 4.69) is 25.3 Å². The first-order valence-corrected chi connectivity index (χ1v) is 11.8. The first-order chi connectivity index (χ1) is 16.8. The van der Waals surface area contributed by atoms with E-state index in [0.717, 1.165) is 49.8 Å². The number of ether oxygens (including phenoxy) is 4. The Morgan fingerprint density at radius 3 is 2.46 bits per heavy atom. The van der Waals surface area contributed by atoms with Gasteiger partial charge < -0.3 is 24.1 Å². The number of amidine groups is 1. The van der Waals surface area contributed by atoms with E-state index in [0.29, 0.717) is 23.6 Å². The predicted octanol–water partition coefficient (Wildman–Crippen LogP) is 4.34. The maximum Gasteiger partial charge on any atom is 0.131 e. The van der Waals surface area contributed by atoms with Crippen LogP contribution in [-0.4, -0.2) is 76.1 Å². The molecule has 190 valence electrons. The zero-order valence-electron chi connectivity index (χ0n) is 21.2. The molecule has 1 heterocycles. The first kappa shape index (κ1) is 26.5. The molecule has 0 unspecified atom stereocenters. The predicted molar refractivity (Wildman–Crippen MR) is 139 cm³/mol. The number of methoxy groups -OCH3 is 2. The molecule has 3 rings (SSSR count). The molecule has 1 aliphatic rings. The summed E-state index contributed by atoms with van der Waals surface area (Å²) < 4.78 is 22.0. The molecule has 0 radical (unpaired) electrons. The van der Waals surface area contributed by atoms with Crippen LogP contribution < -0.4 is 14.4 Å². The molecule has 0 aromatic heterocycles. The maximum absolute atomic E-state index is 10.8. The van der Waals surface area contributed by atoms with Crippen LogP contribution in [0, 0.1) is 5.41 Å². The van der Waals surface area contributed by atoms with Crippen LogP contribution in [-0.2, 0) is 9.47 Å². The van der Waals surface area contributed by atoms with Gasteiger partial charge in [0, 0.05) is 44.1 Å². The summed E-state index contributed by atoms with van der Waals surface area (Å²) in [5, 5.41) is 19.4. The van der Waals surface area contributed by atoms with Crippen LogP contribution in [0.1, 0.15) is 30.9 Å². The second kappa shape index (κ2) is 12.6. The summed E-state index contributed by atoms with van der Waals surface area (Å²) in [6, 6.07) is 11.0. The normalized spacial score (nSPS) is 14.1. The van der Waals surface area contributed by atoms with E-state index in [1.807, 2.05) is 30.3 Å². The van der Waals surface area contributed by atoms with Gasteiger partial charge in [0.2, 0.25) is 0 Å². The maximum atomic E-state index is 10.8. The summed E-state index contributed by atoms with van der Waals surface area (Å²) in [6.07, 6.45) is 0. The van der Waals surface area contributed by atoms with Crippen molar-refractivity contribution in [3.63, 3.8) is 0 Å². The van der Waals surface area contributed by atoms with Gasteiger partial charge in [-0.2, -0.15) is 0 Å². The largest absolute Gasteiger partial charge is 0.507 e. The van der Waals surface area contributed by atoms with Gasteiger partial charge in [0.1, 0.15) is 36.3 Å². The van der Waals surface area contributed by atoms with Crippen molar-refractivity contribution in [3.05, 3.63) is 54.1 Å². The number of anilines is 1. The number of rotatable bonds is 11. The zero-order valence-corrected chi connectivity index (χ0v) is 21.2. The Morgan fingerprint density at radius 1 is 1.17 bits per heavy atom. The summed E-state index contributed by atoms with van der Waals surface area (Å²) in [6.45, 7) is 13.3. The van der Waals surface area contributed by atoms with E-state index in [4.69, 9.17) is 24.4 Å². The van der Waals surface area contributed by atoms with E-state index < -0.39 is 0 Å². The number of aromatic hydroxyl groups is 1. The third-order valence-electron chi connectivity index (χ3n) is 5.98. The van der Waals surface area contributed by atoms with Crippen LogP contribution in [0.2, 0.25) is 0 Å². The van der Waals surface area contributed by atoms with Gasteiger partial charge >= 0.3 is 0 Å². The molecule has 1 fully saturated rings. The molecule has 0 spiro atoms. The Morgan fingerprint density at radius 2 is 1.86 bits per heavy atom. The van der Waals surface area contributed by atoms with E-state index >= 15 is 0 Å². The third-order valence-corrected chi connectivity index (χ3v) is 5.98. The van der Waals surface area contributed by atoms with Gasteiger partial charge in [-0.15, -0.1) is 0 Å². The van der Waals surface area contributed by atoms with Crippen molar-refractivity contribution in [3.8, 4) is 17.2 Å². The Balaban J connectivity index is 1.80. The van der Waals surface area contributed by atoms with E-state index in [-0.39, 0.29) is 24.1 Å². The fourth-order valence-electron chi connectivity index (χ4n) is 4.05. The standard InChI is InChI=1S/C27H37N3O5/c1-19(2)23-16-24(25(31)17-26(23)33-5)20(3)30(27(28)18-32-4)21-6-8-22(9-7-21)35-15-12-29-10-13-34-14-11-29/h6-9,16-17,19,28,31H,3,10-15,18H2,1-2,4-5H3. The third kappa shape index (κ3) is 6.75. The summed E-state index contributed by atoms with van der Waals surface area (Å²) in [5.74, 6) is 1.78. The number of nitrogens with one attached hydrogen (secondary N) is 1. The molecule has 2 aromatic carbocycles.